The zero-order chi connectivity index (χ0) is 19.4. The molecule has 0 radical (unpaired) electrons. The van der Waals surface area contributed by atoms with Crippen LogP contribution < -0.4 is 19.9 Å². The number of methoxy groups -OCH3 is 2. The number of nitrogens with one attached hydrogen (secondary N) is 1. The number of carboxylic acids is 1. The Balaban J connectivity index is 1.93. The van der Waals surface area contributed by atoms with Gasteiger partial charge >= 0.3 is 0 Å². The van der Waals surface area contributed by atoms with E-state index in [0.29, 0.717) is 22.6 Å². The van der Waals surface area contributed by atoms with Gasteiger partial charge in [0.15, 0.2) is 11.5 Å². The molecule has 7 heteroatoms. The lowest BCUT2D eigenvalue weighted by atomic mass is 10.0. The molecular formula is C20H16NO5S-. The van der Waals surface area contributed by atoms with Crippen molar-refractivity contribution >= 4 is 28.2 Å². The number of rotatable bonds is 6. The highest BCUT2D eigenvalue weighted by molar-refractivity contribution is 7.15. The number of carbonyl (C=O) groups is 2. The van der Waals surface area contributed by atoms with E-state index in [-0.39, 0.29) is 10.6 Å². The molecule has 1 amide bonds. The molecule has 0 atom stereocenters. The lowest BCUT2D eigenvalue weighted by molar-refractivity contribution is -0.254. The van der Waals surface area contributed by atoms with Gasteiger partial charge < -0.3 is 24.7 Å². The largest absolute Gasteiger partial charge is 0.545 e. The second kappa shape index (κ2) is 7.92. The molecule has 1 aromatic heterocycles. The SMILES string of the molecule is COc1ccc(C(=O)Nc2scc(-c3ccccc3)c2C(=O)[O-])cc1OC. The average molecular weight is 382 g/mol. The van der Waals surface area contributed by atoms with Crippen molar-refractivity contribution in [2.24, 2.45) is 0 Å². The Hall–Kier alpha value is -3.32. The van der Waals surface area contributed by atoms with Gasteiger partial charge in [0.25, 0.3) is 5.91 Å². The molecule has 3 aromatic rings. The molecule has 3 rings (SSSR count). The van der Waals surface area contributed by atoms with E-state index in [2.05, 4.69) is 5.32 Å². The number of carbonyl (C=O) groups excluding carboxylic acids is 2. The molecule has 0 unspecified atom stereocenters. The van der Waals surface area contributed by atoms with E-state index < -0.39 is 11.9 Å². The molecule has 6 nitrogen and oxygen atoms in total. The molecule has 0 aliphatic carbocycles. The highest BCUT2D eigenvalue weighted by Gasteiger charge is 2.18. The van der Waals surface area contributed by atoms with Crippen LogP contribution in [-0.2, 0) is 0 Å². The fraction of sp³-hybridized carbons (Fsp3) is 0.100. The fourth-order valence-corrected chi connectivity index (χ4v) is 3.59. The normalized spacial score (nSPS) is 10.3. The summed E-state index contributed by atoms with van der Waals surface area (Å²) < 4.78 is 10.3. The predicted molar refractivity (Wildman–Crippen MR) is 102 cm³/mol. The van der Waals surface area contributed by atoms with Crippen LogP contribution in [0.3, 0.4) is 0 Å². The third-order valence-corrected chi connectivity index (χ3v) is 4.85. The van der Waals surface area contributed by atoms with Gasteiger partial charge in [-0.1, -0.05) is 30.3 Å². The topological polar surface area (TPSA) is 87.7 Å². The zero-order valence-corrected chi connectivity index (χ0v) is 15.5. The highest BCUT2D eigenvalue weighted by Crippen LogP contribution is 2.35. The first-order valence-corrected chi connectivity index (χ1v) is 8.84. The van der Waals surface area contributed by atoms with Crippen molar-refractivity contribution in [3.8, 4) is 22.6 Å². The fourth-order valence-electron chi connectivity index (χ4n) is 2.64. The van der Waals surface area contributed by atoms with E-state index in [0.717, 1.165) is 16.9 Å². The second-order valence-corrected chi connectivity index (χ2v) is 6.41. The molecular weight excluding hydrogens is 366 g/mol. The van der Waals surface area contributed by atoms with Crippen molar-refractivity contribution in [1.29, 1.82) is 0 Å². The minimum Gasteiger partial charge on any atom is -0.545 e. The van der Waals surface area contributed by atoms with Crippen molar-refractivity contribution in [3.05, 3.63) is 65.0 Å². The molecule has 0 aliphatic rings. The smallest absolute Gasteiger partial charge is 0.256 e. The zero-order valence-electron chi connectivity index (χ0n) is 14.6. The molecule has 0 saturated heterocycles. The molecule has 2 aromatic carbocycles. The van der Waals surface area contributed by atoms with Gasteiger partial charge in [-0.2, -0.15) is 0 Å². The maximum absolute atomic E-state index is 12.6. The molecule has 0 aliphatic heterocycles. The van der Waals surface area contributed by atoms with Gasteiger partial charge in [-0.25, -0.2) is 0 Å². The van der Waals surface area contributed by atoms with E-state index in [1.807, 2.05) is 18.2 Å². The van der Waals surface area contributed by atoms with Crippen molar-refractivity contribution in [2.45, 2.75) is 0 Å². The first-order valence-electron chi connectivity index (χ1n) is 7.96. The second-order valence-electron chi connectivity index (χ2n) is 5.53. The monoisotopic (exact) mass is 382 g/mol. The summed E-state index contributed by atoms with van der Waals surface area (Å²) in [5.74, 6) is -0.911. The Morgan fingerprint density at radius 2 is 1.70 bits per heavy atom. The van der Waals surface area contributed by atoms with Gasteiger partial charge in [0.2, 0.25) is 0 Å². The number of carboxylic acid groups (broad SMARTS) is 1. The van der Waals surface area contributed by atoms with E-state index in [1.165, 1.54) is 20.3 Å². The Kier molecular flexibility index (Phi) is 5.42. The van der Waals surface area contributed by atoms with Crippen molar-refractivity contribution < 1.29 is 24.2 Å². The summed E-state index contributed by atoms with van der Waals surface area (Å²) in [4.78, 5) is 24.3. The summed E-state index contributed by atoms with van der Waals surface area (Å²) in [6, 6.07) is 13.8. The molecule has 0 spiro atoms. The maximum Gasteiger partial charge on any atom is 0.256 e. The molecule has 1 heterocycles. The summed E-state index contributed by atoms with van der Waals surface area (Å²) in [6.07, 6.45) is 0. The van der Waals surface area contributed by atoms with Crippen LogP contribution in [0, 0.1) is 0 Å². The van der Waals surface area contributed by atoms with E-state index >= 15 is 0 Å². The van der Waals surface area contributed by atoms with Crippen LogP contribution >= 0.6 is 11.3 Å². The van der Waals surface area contributed by atoms with Crippen molar-refractivity contribution in [2.75, 3.05) is 19.5 Å². The number of hydrogen-bond acceptors (Lipinski definition) is 6. The van der Waals surface area contributed by atoms with Crippen molar-refractivity contribution in [1.82, 2.24) is 0 Å². The Morgan fingerprint density at radius 3 is 2.33 bits per heavy atom. The van der Waals surface area contributed by atoms with E-state index in [1.54, 1.807) is 29.6 Å². The van der Waals surface area contributed by atoms with E-state index in [4.69, 9.17) is 9.47 Å². The lowest BCUT2D eigenvalue weighted by Gasteiger charge is -2.11. The van der Waals surface area contributed by atoms with Crippen LogP contribution in [0.1, 0.15) is 20.7 Å². The molecule has 1 N–H and O–H groups in total. The standard InChI is InChI=1S/C20H17NO5S/c1-25-15-9-8-13(10-16(15)26-2)18(22)21-19-17(20(23)24)14(11-27-19)12-6-4-3-5-7-12/h3-11H,1-2H3,(H,21,22)(H,23,24)/p-1. The Bertz CT molecular complexity index is 981. The number of amides is 1. The van der Waals surface area contributed by atoms with Crippen LogP contribution in [-0.4, -0.2) is 26.1 Å². The van der Waals surface area contributed by atoms with Crippen LogP contribution in [0.4, 0.5) is 5.00 Å². The van der Waals surface area contributed by atoms with Crippen molar-refractivity contribution in [3.63, 3.8) is 0 Å². The summed E-state index contributed by atoms with van der Waals surface area (Å²) in [5.41, 5.74) is 1.51. The van der Waals surface area contributed by atoms with Crippen LogP contribution in [0.2, 0.25) is 0 Å². The molecule has 0 bridgehead atoms. The quantitative estimate of drug-likeness (QED) is 0.708. The third-order valence-electron chi connectivity index (χ3n) is 3.95. The van der Waals surface area contributed by atoms with E-state index in [9.17, 15) is 14.7 Å². The highest BCUT2D eigenvalue weighted by atomic mass is 32.1. The Labute approximate surface area is 160 Å². The van der Waals surface area contributed by atoms with Gasteiger partial charge in [0.1, 0.15) is 5.00 Å². The first-order chi connectivity index (χ1) is 13.0. The van der Waals surface area contributed by atoms with Crippen LogP contribution in [0.25, 0.3) is 11.1 Å². The minimum atomic E-state index is -1.35. The van der Waals surface area contributed by atoms with Gasteiger partial charge in [-0.3, -0.25) is 4.79 Å². The number of aromatic carboxylic acids is 1. The molecule has 0 saturated carbocycles. The average Bonchev–Trinajstić information content (AvgIpc) is 3.11. The summed E-state index contributed by atoms with van der Waals surface area (Å²) in [6.45, 7) is 0. The van der Waals surface area contributed by atoms with Gasteiger partial charge in [-0.05, 0) is 23.8 Å². The van der Waals surface area contributed by atoms with Gasteiger partial charge in [0, 0.05) is 22.1 Å². The Morgan fingerprint density at radius 1 is 1.00 bits per heavy atom. The molecule has 27 heavy (non-hydrogen) atoms. The summed E-state index contributed by atoms with van der Waals surface area (Å²) in [7, 11) is 2.97. The lowest BCUT2D eigenvalue weighted by Crippen LogP contribution is -2.24. The number of hydrogen-bond donors (Lipinski definition) is 1. The number of anilines is 1. The number of ether oxygens (including phenoxy) is 2. The first kappa shape index (κ1) is 18.5. The van der Waals surface area contributed by atoms with Gasteiger partial charge in [0.05, 0.1) is 20.2 Å². The molecule has 0 fully saturated rings. The minimum absolute atomic E-state index is 0.0416. The van der Waals surface area contributed by atoms with Gasteiger partial charge in [-0.15, -0.1) is 11.3 Å². The summed E-state index contributed by atoms with van der Waals surface area (Å²) >= 11 is 1.13. The summed E-state index contributed by atoms with van der Waals surface area (Å²) in [5, 5.41) is 16.2. The third kappa shape index (κ3) is 3.78. The van der Waals surface area contributed by atoms with Crippen LogP contribution in [0.5, 0.6) is 11.5 Å². The number of thiophene rings is 1. The van der Waals surface area contributed by atoms with Crippen LogP contribution in [0.15, 0.2) is 53.9 Å². The number of benzene rings is 2. The molecule has 138 valence electrons. The maximum atomic E-state index is 12.6. The predicted octanol–water partition coefficient (Wildman–Crippen LogP) is 3.05.